The van der Waals surface area contributed by atoms with Gasteiger partial charge in [0.05, 0.1) is 0 Å². The van der Waals surface area contributed by atoms with Crippen LogP contribution < -0.4 is 0 Å². The Hall–Kier alpha value is -1.34. The van der Waals surface area contributed by atoms with Crippen LogP contribution in [0.3, 0.4) is 0 Å². The van der Waals surface area contributed by atoms with E-state index >= 15 is 0 Å². The normalized spacial score (nSPS) is 12.0. The van der Waals surface area contributed by atoms with Crippen molar-refractivity contribution >= 4 is 33.1 Å². The molecule has 1 heteroatoms. The number of hydrogen-bond donors (Lipinski definition) is 0. The van der Waals surface area contributed by atoms with Crippen LogP contribution in [-0.2, 0) is 0 Å². The average Bonchev–Trinajstić information content (AvgIpc) is 2.66. The van der Waals surface area contributed by atoms with E-state index in [-0.39, 0.29) is 0 Å². The molecule has 0 fully saturated rings. The molecule has 0 aliphatic heterocycles. The lowest BCUT2D eigenvalue weighted by Crippen LogP contribution is -1.76. The van der Waals surface area contributed by atoms with E-state index in [4.69, 9.17) is 0 Å². The van der Waals surface area contributed by atoms with Gasteiger partial charge in [0, 0.05) is 15.0 Å². The summed E-state index contributed by atoms with van der Waals surface area (Å²) >= 11 is 1.84. The highest BCUT2D eigenvalue weighted by Gasteiger charge is 2.09. The predicted octanol–water partition coefficient (Wildman–Crippen LogP) is 4.97. The van der Waals surface area contributed by atoms with Gasteiger partial charge < -0.3 is 0 Å². The molecule has 0 N–H and O–H groups in total. The van der Waals surface area contributed by atoms with Crippen molar-refractivity contribution in [1.29, 1.82) is 0 Å². The maximum atomic E-state index is 3.91. The van der Waals surface area contributed by atoms with E-state index in [1.807, 2.05) is 17.4 Å². The molecule has 0 amide bonds. The second-order valence-electron chi connectivity index (χ2n) is 3.52. The summed E-state index contributed by atoms with van der Waals surface area (Å²) in [6, 6.07) is 8.49. The van der Waals surface area contributed by atoms with Crippen LogP contribution in [-0.4, -0.2) is 0 Å². The molecule has 1 heterocycles. The molecule has 0 unspecified atom stereocenters. The molecule has 1 aromatic carbocycles. The van der Waals surface area contributed by atoms with Gasteiger partial charge in [-0.1, -0.05) is 36.9 Å². The predicted molar refractivity (Wildman–Crippen MR) is 71.2 cm³/mol. The first-order valence-corrected chi connectivity index (χ1v) is 5.87. The SMILES string of the molecule is C=Cc1c(/C(C)=C\C)sc2ccccc12. The number of thiophene rings is 1. The molecule has 76 valence electrons. The second-order valence-corrected chi connectivity index (χ2v) is 4.57. The molecule has 0 spiro atoms. The van der Waals surface area contributed by atoms with Gasteiger partial charge in [0.15, 0.2) is 0 Å². The Morgan fingerprint density at radius 3 is 2.73 bits per heavy atom. The van der Waals surface area contributed by atoms with Gasteiger partial charge in [0.1, 0.15) is 0 Å². The van der Waals surface area contributed by atoms with E-state index in [0.29, 0.717) is 0 Å². The molecular formula is C14H14S. The highest BCUT2D eigenvalue weighted by Crippen LogP contribution is 2.36. The Kier molecular flexibility index (Phi) is 2.74. The van der Waals surface area contributed by atoms with Crippen LogP contribution in [0.15, 0.2) is 36.9 Å². The fraction of sp³-hybridized carbons (Fsp3) is 0.143. The topological polar surface area (TPSA) is 0 Å². The Morgan fingerprint density at radius 2 is 2.07 bits per heavy atom. The summed E-state index contributed by atoms with van der Waals surface area (Å²) < 4.78 is 1.34. The Bertz CT molecular complexity index is 529. The summed E-state index contributed by atoms with van der Waals surface area (Å²) in [4.78, 5) is 1.34. The molecule has 2 rings (SSSR count). The molecule has 0 atom stereocenters. The number of hydrogen-bond acceptors (Lipinski definition) is 1. The smallest absolute Gasteiger partial charge is 0.0381 e. The van der Waals surface area contributed by atoms with E-state index < -0.39 is 0 Å². The van der Waals surface area contributed by atoms with Crippen molar-refractivity contribution in [2.45, 2.75) is 13.8 Å². The minimum absolute atomic E-state index is 1.27. The summed E-state index contributed by atoms with van der Waals surface area (Å²) in [5.41, 5.74) is 2.59. The third kappa shape index (κ3) is 1.64. The second kappa shape index (κ2) is 4.03. The summed E-state index contributed by atoms with van der Waals surface area (Å²) in [7, 11) is 0. The lowest BCUT2D eigenvalue weighted by Gasteiger charge is -1.98. The van der Waals surface area contributed by atoms with Gasteiger partial charge in [-0.15, -0.1) is 11.3 Å². The largest absolute Gasteiger partial charge is 0.135 e. The van der Waals surface area contributed by atoms with Gasteiger partial charge in [-0.2, -0.15) is 0 Å². The monoisotopic (exact) mass is 214 g/mol. The molecular weight excluding hydrogens is 200 g/mol. The average molecular weight is 214 g/mol. The van der Waals surface area contributed by atoms with E-state index in [1.54, 1.807) is 0 Å². The molecule has 0 saturated heterocycles. The lowest BCUT2D eigenvalue weighted by atomic mass is 10.1. The standard InChI is InChI=1S/C14H14S/c1-4-10(3)14-11(5-2)12-8-6-7-9-13(12)15-14/h4-9H,2H2,1,3H3/b10-4-. The fourth-order valence-electron chi connectivity index (χ4n) is 1.69. The first-order chi connectivity index (χ1) is 7.27. The molecule has 2 aromatic rings. The van der Waals surface area contributed by atoms with Crippen LogP contribution in [0.25, 0.3) is 21.7 Å². The zero-order valence-electron chi connectivity index (χ0n) is 9.08. The van der Waals surface area contributed by atoms with E-state index in [2.05, 4.69) is 50.8 Å². The Balaban J connectivity index is 2.80. The molecule has 0 nitrogen and oxygen atoms in total. The minimum Gasteiger partial charge on any atom is -0.135 e. The number of rotatable bonds is 2. The number of allylic oxidation sites excluding steroid dienone is 2. The van der Waals surface area contributed by atoms with Crippen LogP contribution in [0.5, 0.6) is 0 Å². The summed E-state index contributed by atoms with van der Waals surface area (Å²) in [5, 5.41) is 1.31. The lowest BCUT2D eigenvalue weighted by molar-refractivity contribution is 1.63. The third-order valence-corrected chi connectivity index (χ3v) is 3.95. The molecule has 0 aliphatic carbocycles. The molecule has 0 radical (unpaired) electrons. The van der Waals surface area contributed by atoms with Crippen molar-refractivity contribution in [3.05, 3.63) is 47.4 Å². The minimum atomic E-state index is 1.27. The highest BCUT2D eigenvalue weighted by molar-refractivity contribution is 7.20. The first kappa shape index (κ1) is 10.2. The van der Waals surface area contributed by atoms with E-state index in [9.17, 15) is 0 Å². The van der Waals surface area contributed by atoms with Gasteiger partial charge in [0.2, 0.25) is 0 Å². The van der Waals surface area contributed by atoms with Crippen LogP contribution in [0.1, 0.15) is 24.3 Å². The number of benzene rings is 1. The highest BCUT2D eigenvalue weighted by atomic mass is 32.1. The van der Waals surface area contributed by atoms with Crippen molar-refractivity contribution in [2.75, 3.05) is 0 Å². The fourth-order valence-corrected chi connectivity index (χ4v) is 2.93. The number of fused-ring (bicyclic) bond motifs is 1. The molecule has 15 heavy (non-hydrogen) atoms. The van der Waals surface area contributed by atoms with Crippen LogP contribution >= 0.6 is 11.3 Å². The van der Waals surface area contributed by atoms with E-state index in [1.165, 1.54) is 26.1 Å². The molecule has 0 bridgehead atoms. The zero-order valence-corrected chi connectivity index (χ0v) is 9.90. The summed E-state index contributed by atoms with van der Waals surface area (Å²) in [6.07, 6.45) is 4.11. The molecule has 1 aromatic heterocycles. The molecule has 0 saturated carbocycles. The Morgan fingerprint density at radius 1 is 1.33 bits per heavy atom. The van der Waals surface area contributed by atoms with Gasteiger partial charge in [-0.25, -0.2) is 0 Å². The molecule has 0 aliphatic rings. The van der Waals surface area contributed by atoms with Crippen molar-refractivity contribution in [3.63, 3.8) is 0 Å². The quantitative estimate of drug-likeness (QED) is 0.662. The van der Waals surface area contributed by atoms with Crippen molar-refractivity contribution in [2.24, 2.45) is 0 Å². The van der Waals surface area contributed by atoms with Crippen LogP contribution in [0.2, 0.25) is 0 Å². The van der Waals surface area contributed by atoms with Gasteiger partial charge >= 0.3 is 0 Å². The van der Waals surface area contributed by atoms with Gasteiger partial charge in [0.25, 0.3) is 0 Å². The summed E-state index contributed by atoms with van der Waals surface area (Å²) in [6.45, 7) is 8.14. The van der Waals surface area contributed by atoms with Crippen molar-refractivity contribution < 1.29 is 0 Å². The maximum absolute atomic E-state index is 3.91. The zero-order chi connectivity index (χ0) is 10.8. The van der Waals surface area contributed by atoms with Crippen LogP contribution in [0.4, 0.5) is 0 Å². The van der Waals surface area contributed by atoms with Gasteiger partial charge in [-0.05, 0) is 31.1 Å². The summed E-state index contributed by atoms with van der Waals surface area (Å²) in [5.74, 6) is 0. The van der Waals surface area contributed by atoms with E-state index in [0.717, 1.165) is 0 Å². The first-order valence-electron chi connectivity index (χ1n) is 5.05. The van der Waals surface area contributed by atoms with Crippen LogP contribution in [0, 0.1) is 0 Å². The van der Waals surface area contributed by atoms with Crippen molar-refractivity contribution in [1.82, 2.24) is 0 Å². The Labute approximate surface area is 94.6 Å². The maximum Gasteiger partial charge on any atom is 0.0381 e. The third-order valence-electron chi connectivity index (χ3n) is 2.63. The van der Waals surface area contributed by atoms with Gasteiger partial charge in [-0.3, -0.25) is 0 Å². The van der Waals surface area contributed by atoms with Crippen molar-refractivity contribution in [3.8, 4) is 0 Å².